The fourth-order valence-corrected chi connectivity index (χ4v) is 3.96. The third-order valence-corrected chi connectivity index (χ3v) is 5.53. The number of aromatic nitrogens is 2. The molecule has 0 spiro atoms. The minimum absolute atomic E-state index is 0. The maximum absolute atomic E-state index is 12.6. The summed E-state index contributed by atoms with van der Waals surface area (Å²) >= 11 is 1.58. The molecular formula is C17H26Cl2N4OS. The van der Waals surface area contributed by atoms with Crippen LogP contribution in [0.4, 0.5) is 0 Å². The van der Waals surface area contributed by atoms with Gasteiger partial charge >= 0.3 is 0 Å². The quantitative estimate of drug-likeness (QED) is 0.819. The van der Waals surface area contributed by atoms with Crippen LogP contribution < -0.4 is 10.6 Å². The highest BCUT2D eigenvalue weighted by Crippen LogP contribution is 2.27. The number of rotatable bonds is 4. The van der Waals surface area contributed by atoms with E-state index in [0.29, 0.717) is 0 Å². The highest BCUT2D eigenvalue weighted by Gasteiger charge is 2.28. The van der Waals surface area contributed by atoms with Crippen molar-refractivity contribution in [2.45, 2.75) is 33.6 Å². The number of thiazole rings is 1. The molecular weight excluding hydrogens is 379 g/mol. The molecule has 0 radical (unpaired) electrons. The first kappa shape index (κ1) is 22.0. The van der Waals surface area contributed by atoms with Gasteiger partial charge in [-0.05, 0) is 51.3 Å². The monoisotopic (exact) mass is 404 g/mol. The van der Waals surface area contributed by atoms with Gasteiger partial charge in [0.2, 0.25) is 0 Å². The zero-order valence-electron chi connectivity index (χ0n) is 14.8. The normalized spacial score (nSPS) is 15.8. The molecule has 1 saturated heterocycles. The van der Waals surface area contributed by atoms with Gasteiger partial charge in [-0.25, -0.2) is 4.98 Å². The zero-order valence-corrected chi connectivity index (χ0v) is 17.2. The summed E-state index contributed by atoms with van der Waals surface area (Å²) < 4.78 is 2.05. The Bertz CT molecular complexity index is 694. The van der Waals surface area contributed by atoms with Crippen molar-refractivity contribution >= 4 is 42.1 Å². The lowest BCUT2D eigenvalue weighted by Gasteiger charge is -2.34. The van der Waals surface area contributed by atoms with Crippen LogP contribution in [0.25, 0.3) is 5.13 Å². The van der Waals surface area contributed by atoms with E-state index in [9.17, 15) is 4.79 Å². The number of piperidine rings is 1. The topological polar surface area (TPSA) is 59.0 Å². The zero-order chi connectivity index (χ0) is 16.4. The average Bonchev–Trinajstić information content (AvgIpc) is 3.14. The highest BCUT2D eigenvalue weighted by molar-refractivity contribution is 7.12. The summed E-state index contributed by atoms with van der Waals surface area (Å²) in [5.41, 5.74) is 2.93. The van der Waals surface area contributed by atoms with Crippen molar-refractivity contribution in [3.8, 4) is 5.13 Å². The molecule has 1 aliphatic heterocycles. The fourth-order valence-electron chi connectivity index (χ4n) is 3.21. The van der Waals surface area contributed by atoms with Crippen LogP contribution in [0, 0.1) is 19.3 Å². The van der Waals surface area contributed by atoms with Gasteiger partial charge in [0.05, 0.1) is 5.56 Å². The van der Waals surface area contributed by atoms with Gasteiger partial charge in [0.1, 0.15) is 0 Å². The maximum Gasteiger partial charge on any atom is 0.253 e. The first-order valence-corrected chi connectivity index (χ1v) is 8.96. The van der Waals surface area contributed by atoms with Crippen LogP contribution in [0.1, 0.15) is 41.5 Å². The van der Waals surface area contributed by atoms with E-state index >= 15 is 0 Å². The highest BCUT2D eigenvalue weighted by atomic mass is 35.5. The Hall–Kier alpha value is -1.08. The summed E-state index contributed by atoms with van der Waals surface area (Å²) in [5, 5.41) is 9.37. The van der Waals surface area contributed by atoms with Crippen LogP contribution in [-0.4, -0.2) is 35.1 Å². The van der Waals surface area contributed by atoms with E-state index in [0.717, 1.165) is 54.6 Å². The lowest BCUT2D eigenvalue weighted by Crippen LogP contribution is -2.42. The molecule has 0 aromatic carbocycles. The predicted molar refractivity (Wildman–Crippen MR) is 108 cm³/mol. The second-order valence-electron chi connectivity index (χ2n) is 6.68. The van der Waals surface area contributed by atoms with Crippen LogP contribution >= 0.6 is 36.2 Å². The Kier molecular flexibility index (Phi) is 7.93. The molecule has 25 heavy (non-hydrogen) atoms. The molecule has 3 heterocycles. The van der Waals surface area contributed by atoms with Crippen molar-refractivity contribution in [1.29, 1.82) is 0 Å². The smallest absolute Gasteiger partial charge is 0.253 e. The molecule has 8 heteroatoms. The minimum atomic E-state index is 0. The molecule has 1 fully saturated rings. The van der Waals surface area contributed by atoms with Crippen molar-refractivity contribution in [3.63, 3.8) is 0 Å². The van der Waals surface area contributed by atoms with Gasteiger partial charge in [0.25, 0.3) is 5.91 Å². The van der Waals surface area contributed by atoms with E-state index in [1.54, 1.807) is 17.5 Å². The number of hydrogen-bond donors (Lipinski definition) is 2. The number of carbonyl (C=O) groups excluding carboxylic acids is 1. The van der Waals surface area contributed by atoms with Gasteiger partial charge in [0, 0.05) is 29.5 Å². The Morgan fingerprint density at radius 2 is 2.04 bits per heavy atom. The molecule has 1 aliphatic rings. The largest absolute Gasteiger partial charge is 0.351 e. The predicted octanol–water partition coefficient (Wildman–Crippen LogP) is 3.51. The maximum atomic E-state index is 12.6. The second-order valence-corrected chi connectivity index (χ2v) is 7.55. The Balaban J connectivity index is 0.00000156. The first-order chi connectivity index (χ1) is 11.0. The summed E-state index contributed by atoms with van der Waals surface area (Å²) in [4.78, 5) is 17.0. The molecule has 0 atom stereocenters. The third-order valence-electron chi connectivity index (χ3n) is 4.77. The molecule has 0 aliphatic carbocycles. The van der Waals surface area contributed by atoms with Gasteiger partial charge in [0.15, 0.2) is 5.13 Å². The summed E-state index contributed by atoms with van der Waals surface area (Å²) in [5.74, 6) is 0.0145. The van der Waals surface area contributed by atoms with Gasteiger partial charge in [-0.15, -0.1) is 36.2 Å². The van der Waals surface area contributed by atoms with Crippen molar-refractivity contribution in [2.75, 3.05) is 19.6 Å². The molecule has 0 saturated carbocycles. The number of amides is 1. The number of carbonyl (C=O) groups is 1. The summed E-state index contributed by atoms with van der Waals surface area (Å²) in [6.45, 7) is 9.05. The van der Waals surface area contributed by atoms with E-state index < -0.39 is 0 Å². The minimum Gasteiger partial charge on any atom is -0.351 e. The van der Waals surface area contributed by atoms with Crippen LogP contribution in [0.5, 0.6) is 0 Å². The summed E-state index contributed by atoms with van der Waals surface area (Å²) in [7, 11) is 0. The molecule has 3 rings (SSSR count). The fraction of sp³-hybridized carbons (Fsp3) is 0.529. The summed E-state index contributed by atoms with van der Waals surface area (Å²) in [6.07, 6.45) is 3.99. The van der Waals surface area contributed by atoms with E-state index in [4.69, 9.17) is 0 Å². The SMILES string of the molecule is Cc1cc(C(=O)NCC2(C)CCNCC2)c(C)n1-c1nccs1.Cl.Cl. The van der Waals surface area contributed by atoms with Crippen molar-refractivity contribution in [2.24, 2.45) is 5.41 Å². The van der Waals surface area contributed by atoms with Crippen LogP contribution in [0.3, 0.4) is 0 Å². The summed E-state index contributed by atoms with van der Waals surface area (Å²) in [6, 6.07) is 1.96. The van der Waals surface area contributed by atoms with Gasteiger partial charge in [-0.2, -0.15) is 0 Å². The number of nitrogens with zero attached hydrogens (tertiary/aromatic N) is 2. The van der Waals surface area contributed by atoms with Crippen molar-refractivity contribution in [3.05, 3.63) is 34.6 Å². The van der Waals surface area contributed by atoms with Crippen LogP contribution in [0.15, 0.2) is 17.6 Å². The molecule has 140 valence electrons. The molecule has 2 aromatic rings. The molecule has 2 aromatic heterocycles. The van der Waals surface area contributed by atoms with Gasteiger partial charge in [-0.3, -0.25) is 9.36 Å². The average molecular weight is 405 g/mol. The first-order valence-electron chi connectivity index (χ1n) is 8.08. The van der Waals surface area contributed by atoms with Crippen LogP contribution in [0.2, 0.25) is 0 Å². The lowest BCUT2D eigenvalue weighted by molar-refractivity contribution is 0.0921. The molecule has 0 bridgehead atoms. The van der Waals surface area contributed by atoms with Gasteiger partial charge in [-0.1, -0.05) is 6.92 Å². The van der Waals surface area contributed by atoms with E-state index in [2.05, 4.69) is 22.5 Å². The van der Waals surface area contributed by atoms with E-state index in [1.165, 1.54) is 0 Å². The Morgan fingerprint density at radius 1 is 1.36 bits per heavy atom. The molecule has 0 unspecified atom stereocenters. The third kappa shape index (κ3) is 4.76. The van der Waals surface area contributed by atoms with Crippen molar-refractivity contribution in [1.82, 2.24) is 20.2 Å². The number of aryl methyl sites for hydroxylation is 1. The molecule has 1 amide bonds. The van der Waals surface area contributed by atoms with Gasteiger partial charge < -0.3 is 10.6 Å². The number of halogens is 2. The van der Waals surface area contributed by atoms with Crippen LogP contribution in [-0.2, 0) is 0 Å². The lowest BCUT2D eigenvalue weighted by atomic mass is 9.81. The van der Waals surface area contributed by atoms with E-state index in [1.807, 2.05) is 29.9 Å². The Labute approximate surface area is 165 Å². The molecule has 5 nitrogen and oxygen atoms in total. The second kappa shape index (κ2) is 9.03. The number of nitrogens with one attached hydrogen (secondary N) is 2. The van der Waals surface area contributed by atoms with Crippen molar-refractivity contribution < 1.29 is 4.79 Å². The molecule has 2 N–H and O–H groups in total. The Morgan fingerprint density at radius 3 is 2.64 bits per heavy atom. The van der Waals surface area contributed by atoms with E-state index in [-0.39, 0.29) is 36.1 Å². The standard InChI is InChI=1S/C17H24N4OS.2ClH/c1-12-10-14(13(2)21(12)16-19-8-9-23-16)15(22)20-11-17(3)4-6-18-7-5-17;;/h8-10,18H,4-7,11H2,1-3H3,(H,20,22);2*1H. The number of hydrogen-bond acceptors (Lipinski definition) is 4.